The fraction of sp³-hybridized carbons (Fsp3) is 0.400. The van der Waals surface area contributed by atoms with Crippen molar-refractivity contribution >= 4 is 5.91 Å². The summed E-state index contributed by atoms with van der Waals surface area (Å²) in [5.41, 5.74) is -0.181. The summed E-state index contributed by atoms with van der Waals surface area (Å²) in [6, 6.07) is 4.77. The summed E-state index contributed by atoms with van der Waals surface area (Å²) in [4.78, 5) is 22.6. The minimum atomic E-state index is -0.194. The van der Waals surface area contributed by atoms with E-state index >= 15 is 0 Å². The minimum absolute atomic E-state index is 0.0450. The van der Waals surface area contributed by atoms with Gasteiger partial charge in [0.2, 0.25) is 5.91 Å². The van der Waals surface area contributed by atoms with Gasteiger partial charge in [0.25, 0.3) is 5.56 Å². The van der Waals surface area contributed by atoms with Crippen molar-refractivity contribution in [2.45, 2.75) is 6.54 Å². The van der Waals surface area contributed by atoms with Crippen molar-refractivity contribution in [1.82, 2.24) is 9.88 Å². The van der Waals surface area contributed by atoms with Crippen LogP contribution in [0.5, 0.6) is 0 Å². The number of hydrogen-bond donors (Lipinski definition) is 1. The SMILES string of the molecule is COCCNC(=O)Cn1ccccc1=O. The van der Waals surface area contributed by atoms with Gasteiger partial charge in [-0.05, 0) is 6.07 Å². The van der Waals surface area contributed by atoms with Crippen LogP contribution in [0.3, 0.4) is 0 Å². The Morgan fingerprint density at radius 2 is 2.33 bits per heavy atom. The van der Waals surface area contributed by atoms with Crippen LogP contribution in [-0.2, 0) is 16.1 Å². The van der Waals surface area contributed by atoms with E-state index in [0.717, 1.165) is 0 Å². The third-order valence-electron chi connectivity index (χ3n) is 1.84. The van der Waals surface area contributed by atoms with E-state index in [-0.39, 0.29) is 18.0 Å². The topological polar surface area (TPSA) is 60.3 Å². The lowest BCUT2D eigenvalue weighted by Gasteiger charge is -2.06. The molecule has 0 aliphatic heterocycles. The standard InChI is InChI=1S/C10H14N2O3/c1-15-7-5-11-9(13)8-12-6-3-2-4-10(12)14/h2-4,6H,5,7-8H2,1H3,(H,11,13). The van der Waals surface area contributed by atoms with E-state index in [1.165, 1.54) is 10.6 Å². The smallest absolute Gasteiger partial charge is 0.250 e. The molecule has 0 unspecified atom stereocenters. The predicted molar refractivity (Wildman–Crippen MR) is 55.6 cm³/mol. The number of rotatable bonds is 5. The van der Waals surface area contributed by atoms with E-state index in [4.69, 9.17) is 4.74 Å². The quantitative estimate of drug-likeness (QED) is 0.673. The highest BCUT2D eigenvalue weighted by Crippen LogP contribution is 1.82. The van der Waals surface area contributed by atoms with Gasteiger partial charge in [0, 0.05) is 25.9 Å². The minimum Gasteiger partial charge on any atom is -0.383 e. The highest BCUT2D eigenvalue weighted by molar-refractivity contribution is 5.75. The lowest BCUT2D eigenvalue weighted by molar-refractivity contribution is -0.121. The third kappa shape index (κ3) is 3.95. The van der Waals surface area contributed by atoms with Gasteiger partial charge in [0.1, 0.15) is 6.54 Å². The van der Waals surface area contributed by atoms with Gasteiger partial charge in [-0.25, -0.2) is 0 Å². The molecular formula is C10H14N2O3. The maximum Gasteiger partial charge on any atom is 0.250 e. The summed E-state index contributed by atoms with van der Waals surface area (Å²) >= 11 is 0. The Bertz CT molecular complexity index is 373. The van der Waals surface area contributed by atoms with Gasteiger partial charge >= 0.3 is 0 Å². The zero-order chi connectivity index (χ0) is 11.1. The lowest BCUT2D eigenvalue weighted by atomic mass is 10.4. The molecule has 1 rings (SSSR count). The Morgan fingerprint density at radius 3 is 3.00 bits per heavy atom. The molecule has 0 aliphatic carbocycles. The second-order valence-electron chi connectivity index (χ2n) is 3.01. The molecule has 0 atom stereocenters. The Morgan fingerprint density at radius 1 is 1.53 bits per heavy atom. The van der Waals surface area contributed by atoms with E-state index in [1.807, 2.05) is 0 Å². The molecule has 5 nitrogen and oxygen atoms in total. The first-order chi connectivity index (χ1) is 7.24. The molecule has 0 aliphatic rings. The molecule has 0 spiro atoms. The zero-order valence-corrected chi connectivity index (χ0v) is 8.60. The van der Waals surface area contributed by atoms with Crippen molar-refractivity contribution < 1.29 is 9.53 Å². The zero-order valence-electron chi connectivity index (χ0n) is 8.60. The molecule has 1 aromatic heterocycles. The molecule has 1 N–H and O–H groups in total. The van der Waals surface area contributed by atoms with Gasteiger partial charge in [-0.2, -0.15) is 0 Å². The maximum absolute atomic E-state index is 11.3. The van der Waals surface area contributed by atoms with Crippen molar-refractivity contribution in [1.29, 1.82) is 0 Å². The summed E-state index contributed by atoms with van der Waals surface area (Å²) in [5, 5.41) is 2.64. The van der Waals surface area contributed by atoms with Crippen molar-refractivity contribution in [3.05, 3.63) is 34.7 Å². The van der Waals surface area contributed by atoms with E-state index in [0.29, 0.717) is 13.2 Å². The fourth-order valence-electron chi connectivity index (χ4n) is 1.09. The van der Waals surface area contributed by atoms with E-state index in [1.54, 1.807) is 25.4 Å². The number of methoxy groups -OCH3 is 1. The second-order valence-corrected chi connectivity index (χ2v) is 3.01. The Labute approximate surface area is 87.7 Å². The van der Waals surface area contributed by atoms with Crippen LogP contribution in [0.4, 0.5) is 0 Å². The summed E-state index contributed by atoms with van der Waals surface area (Å²) < 4.78 is 6.13. The Balaban J connectivity index is 2.45. The molecular weight excluding hydrogens is 196 g/mol. The fourth-order valence-corrected chi connectivity index (χ4v) is 1.09. The number of amides is 1. The van der Waals surface area contributed by atoms with Gasteiger partial charge in [-0.1, -0.05) is 6.07 Å². The molecule has 1 aromatic rings. The molecule has 0 radical (unpaired) electrons. The maximum atomic E-state index is 11.3. The molecule has 5 heteroatoms. The molecule has 0 saturated heterocycles. The molecule has 15 heavy (non-hydrogen) atoms. The van der Waals surface area contributed by atoms with Gasteiger partial charge in [-0.3, -0.25) is 9.59 Å². The van der Waals surface area contributed by atoms with Crippen LogP contribution < -0.4 is 10.9 Å². The van der Waals surface area contributed by atoms with E-state index in [2.05, 4.69) is 5.32 Å². The molecule has 0 bridgehead atoms. The number of pyridine rings is 1. The monoisotopic (exact) mass is 210 g/mol. The van der Waals surface area contributed by atoms with Gasteiger partial charge < -0.3 is 14.6 Å². The van der Waals surface area contributed by atoms with Crippen molar-refractivity contribution in [3.63, 3.8) is 0 Å². The first-order valence-corrected chi connectivity index (χ1v) is 4.65. The van der Waals surface area contributed by atoms with Crippen LogP contribution in [0.15, 0.2) is 29.2 Å². The first kappa shape index (κ1) is 11.5. The summed E-state index contributed by atoms with van der Waals surface area (Å²) in [5.74, 6) is -0.194. The van der Waals surface area contributed by atoms with E-state index < -0.39 is 0 Å². The second kappa shape index (κ2) is 5.98. The normalized spacial score (nSPS) is 9.93. The van der Waals surface area contributed by atoms with Crippen molar-refractivity contribution in [2.24, 2.45) is 0 Å². The van der Waals surface area contributed by atoms with Gasteiger partial charge in [-0.15, -0.1) is 0 Å². The number of carbonyl (C=O) groups excluding carboxylic acids is 1. The summed E-state index contributed by atoms with van der Waals surface area (Å²) in [7, 11) is 1.56. The molecule has 1 heterocycles. The number of nitrogens with zero attached hydrogens (tertiary/aromatic N) is 1. The number of ether oxygens (including phenoxy) is 1. The van der Waals surface area contributed by atoms with E-state index in [9.17, 15) is 9.59 Å². The van der Waals surface area contributed by atoms with Crippen LogP contribution in [-0.4, -0.2) is 30.7 Å². The summed E-state index contributed by atoms with van der Waals surface area (Å²) in [6.45, 7) is 0.968. The first-order valence-electron chi connectivity index (χ1n) is 4.65. The molecule has 0 saturated carbocycles. The Kier molecular flexibility index (Phi) is 4.56. The molecule has 0 fully saturated rings. The average Bonchev–Trinajstić information content (AvgIpc) is 2.22. The summed E-state index contributed by atoms with van der Waals surface area (Å²) in [6.07, 6.45) is 1.58. The number of nitrogens with one attached hydrogen (secondary N) is 1. The van der Waals surface area contributed by atoms with Crippen LogP contribution in [0.2, 0.25) is 0 Å². The van der Waals surface area contributed by atoms with Crippen LogP contribution >= 0.6 is 0 Å². The van der Waals surface area contributed by atoms with Gasteiger partial charge in [0.05, 0.1) is 6.61 Å². The van der Waals surface area contributed by atoms with Crippen molar-refractivity contribution in [3.8, 4) is 0 Å². The van der Waals surface area contributed by atoms with Gasteiger partial charge in [0.15, 0.2) is 0 Å². The van der Waals surface area contributed by atoms with Crippen molar-refractivity contribution in [2.75, 3.05) is 20.3 Å². The molecule has 82 valence electrons. The van der Waals surface area contributed by atoms with Crippen LogP contribution in [0.25, 0.3) is 0 Å². The largest absolute Gasteiger partial charge is 0.383 e. The predicted octanol–water partition coefficient (Wildman–Crippen LogP) is -0.389. The highest BCUT2D eigenvalue weighted by atomic mass is 16.5. The third-order valence-corrected chi connectivity index (χ3v) is 1.84. The number of hydrogen-bond acceptors (Lipinski definition) is 3. The Hall–Kier alpha value is -1.62. The molecule has 0 aromatic carbocycles. The lowest BCUT2D eigenvalue weighted by Crippen LogP contribution is -2.33. The molecule has 1 amide bonds. The number of carbonyl (C=O) groups is 1. The average molecular weight is 210 g/mol. The number of aromatic nitrogens is 1. The van der Waals surface area contributed by atoms with Crippen LogP contribution in [0, 0.1) is 0 Å². The highest BCUT2D eigenvalue weighted by Gasteiger charge is 2.02. The van der Waals surface area contributed by atoms with Crippen LogP contribution in [0.1, 0.15) is 0 Å².